The molecule has 2 N–H and O–H groups in total. The van der Waals surface area contributed by atoms with Gasteiger partial charge < -0.3 is 4.98 Å². The zero-order chi connectivity index (χ0) is 11.4. The number of nitrogens with zero attached hydrogens (tertiary/aromatic N) is 1. The maximum atomic E-state index is 4.15. The second-order valence-electron chi connectivity index (χ2n) is 4.75. The first-order chi connectivity index (χ1) is 8.34. The normalized spacial score (nSPS) is 13.7. The van der Waals surface area contributed by atoms with E-state index in [1.54, 1.807) is 0 Å². The summed E-state index contributed by atoms with van der Waals surface area (Å²) in [6.07, 6.45) is 4.13. The van der Waals surface area contributed by atoms with Crippen LogP contribution in [-0.2, 0) is 12.8 Å². The van der Waals surface area contributed by atoms with Crippen molar-refractivity contribution < 1.29 is 0 Å². The molecule has 0 saturated heterocycles. The van der Waals surface area contributed by atoms with Crippen molar-refractivity contribution in [3.05, 3.63) is 41.1 Å². The van der Waals surface area contributed by atoms with Crippen LogP contribution < -0.4 is 0 Å². The molecule has 0 amide bonds. The highest BCUT2D eigenvalue weighted by molar-refractivity contribution is 5.93. The number of nitrogens with one attached hydrogen (secondary N) is 2. The summed E-state index contributed by atoms with van der Waals surface area (Å²) in [5.74, 6) is 0. The van der Waals surface area contributed by atoms with Gasteiger partial charge in [-0.05, 0) is 42.5 Å². The number of benzene rings is 1. The molecule has 0 aliphatic heterocycles. The predicted molar refractivity (Wildman–Crippen MR) is 68.0 cm³/mol. The molecule has 3 heteroatoms. The second kappa shape index (κ2) is 3.00. The van der Waals surface area contributed by atoms with Crippen molar-refractivity contribution in [2.24, 2.45) is 0 Å². The molecule has 84 valence electrons. The molecule has 3 aromatic rings. The minimum atomic E-state index is 1.08. The monoisotopic (exact) mass is 223 g/mol. The molecule has 1 aliphatic carbocycles. The van der Waals surface area contributed by atoms with Gasteiger partial charge in [-0.3, -0.25) is 5.10 Å². The van der Waals surface area contributed by atoms with Crippen LogP contribution in [0.25, 0.3) is 22.3 Å². The number of H-pyrrole nitrogens is 2. The number of rotatable bonds is 0. The van der Waals surface area contributed by atoms with Crippen LogP contribution in [0.2, 0.25) is 0 Å². The van der Waals surface area contributed by atoms with E-state index < -0.39 is 0 Å². The molecule has 1 aliphatic rings. The van der Waals surface area contributed by atoms with E-state index in [0.29, 0.717) is 0 Å². The topological polar surface area (TPSA) is 44.5 Å². The Balaban J connectivity index is 2.14. The van der Waals surface area contributed by atoms with Gasteiger partial charge in [0, 0.05) is 10.9 Å². The van der Waals surface area contributed by atoms with Crippen molar-refractivity contribution in [2.45, 2.75) is 19.8 Å². The minimum Gasteiger partial charge on any atom is -0.353 e. The number of aromatic amines is 2. The lowest BCUT2D eigenvalue weighted by atomic mass is 9.93. The van der Waals surface area contributed by atoms with Gasteiger partial charge >= 0.3 is 0 Å². The second-order valence-corrected chi connectivity index (χ2v) is 4.75. The first-order valence-corrected chi connectivity index (χ1v) is 5.97. The molecule has 0 fully saturated rings. The molecule has 0 atom stereocenters. The third-order valence-electron chi connectivity index (χ3n) is 3.75. The van der Waals surface area contributed by atoms with Crippen LogP contribution in [-0.4, -0.2) is 15.2 Å². The molecule has 0 spiro atoms. The van der Waals surface area contributed by atoms with Gasteiger partial charge in [-0.1, -0.05) is 12.1 Å². The SMILES string of the molecule is Cc1cccc2[nH]c3c(c12)CCc1cn[nH]c1-3. The predicted octanol–water partition coefficient (Wildman–Crippen LogP) is 2.97. The average Bonchev–Trinajstić information content (AvgIpc) is 2.91. The molecule has 2 heterocycles. The fraction of sp³-hybridized carbons (Fsp3) is 0.214. The lowest BCUT2D eigenvalue weighted by Gasteiger charge is -2.11. The van der Waals surface area contributed by atoms with E-state index in [9.17, 15) is 0 Å². The Bertz CT molecular complexity index is 718. The van der Waals surface area contributed by atoms with Crippen molar-refractivity contribution in [2.75, 3.05) is 0 Å². The van der Waals surface area contributed by atoms with E-state index >= 15 is 0 Å². The van der Waals surface area contributed by atoms with Gasteiger partial charge in [0.05, 0.1) is 17.6 Å². The lowest BCUT2D eigenvalue weighted by Crippen LogP contribution is -2.01. The molecule has 0 bridgehead atoms. The van der Waals surface area contributed by atoms with E-state index in [1.807, 2.05) is 6.20 Å². The fourth-order valence-electron chi connectivity index (χ4n) is 2.95. The molecular formula is C14H13N3. The van der Waals surface area contributed by atoms with Gasteiger partial charge in [-0.2, -0.15) is 5.10 Å². The molecule has 0 radical (unpaired) electrons. The summed E-state index contributed by atoms with van der Waals surface area (Å²) in [6, 6.07) is 6.43. The number of hydrogen-bond acceptors (Lipinski definition) is 1. The molecule has 0 unspecified atom stereocenters. The first-order valence-electron chi connectivity index (χ1n) is 5.97. The number of hydrogen-bond donors (Lipinski definition) is 2. The van der Waals surface area contributed by atoms with E-state index in [1.165, 1.54) is 39.0 Å². The molecule has 0 saturated carbocycles. The smallest absolute Gasteiger partial charge is 0.0847 e. The fourth-order valence-corrected chi connectivity index (χ4v) is 2.95. The van der Waals surface area contributed by atoms with Gasteiger partial charge in [-0.15, -0.1) is 0 Å². The Labute approximate surface area is 98.9 Å². The van der Waals surface area contributed by atoms with Crippen molar-refractivity contribution >= 4 is 10.9 Å². The Hall–Kier alpha value is -2.03. The first kappa shape index (κ1) is 9.05. The molecule has 4 rings (SSSR count). The summed E-state index contributed by atoms with van der Waals surface area (Å²) < 4.78 is 0. The Morgan fingerprint density at radius 2 is 2.12 bits per heavy atom. The maximum Gasteiger partial charge on any atom is 0.0847 e. The summed E-state index contributed by atoms with van der Waals surface area (Å²) in [5.41, 5.74) is 7.74. The third kappa shape index (κ3) is 1.08. The highest BCUT2D eigenvalue weighted by atomic mass is 15.1. The van der Waals surface area contributed by atoms with E-state index in [2.05, 4.69) is 40.3 Å². The average molecular weight is 223 g/mol. The van der Waals surface area contributed by atoms with Crippen molar-refractivity contribution in [1.82, 2.24) is 15.2 Å². The van der Waals surface area contributed by atoms with E-state index in [-0.39, 0.29) is 0 Å². The van der Waals surface area contributed by atoms with Crippen molar-refractivity contribution in [3.8, 4) is 11.4 Å². The standard InChI is InChI=1S/C14H13N3/c1-8-3-2-4-11-12(8)10-6-5-9-7-15-17-13(9)14(10)16-11/h2-4,7,16H,5-6H2,1H3,(H,15,17). The lowest BCUT2D eigenvalue weighted by molar-refractivity contribution is 0.946. The molecule has 17 heavy (non-hydrogen) atoms. The van der Waals surface area contributed by atoms with Gasteiger partial charge in [0.15, 0.2) is 0 Å². The summed E-state index contributed by atoms with van der Waals surface area (Å²) in [7, 11) is 0. The van der Waals surface area contributed by atoms with E-state index in [0.717, 1.165) is 12.8 Å². The third-order valence-corrected chi connectivity index (χ3v) is 3.75. The molecule has 1 aromatic carbocycles. The van der Waals surface area contributed by atoms with Gasteiger partial charge in [0.1, 0.15) is 0 Å². The maximum absolute atomic E-state index is 4.15. The molecular weight excluding hydrogens is 210 g/mol. The van der Waals surface area contributed by atoms with Crippen LogP contribution in [0.3, 0.4) is 0 Å². The highest BCUT2D eigenvalue weighted by Gasteiger charge is 2.22. The van der Waals surface area contributed by atoms with Gasteiger partial charge in [0.25, 0.3) is 0 Å². The van der Waals surface area contributed by atoms with Gasteiger partial charge in [-0.25, -0.2) is 0 Å². The van der Waals surface area contributed by atoms with Crippen LogP contribution in [0.5, 0.6) is 0 Å². The van der Waals surface area contributed by atoms with Crippen LogP contribution in [0, 0.1) is 6.92 Å². The zero-order valence-electron chi connectivity index (χ0n) is 9.67. The van der Waals surface area contributed by atoms with Gasteiger partial charge in [0.2, 0.25) is 0 Å². The summed E-state index contributed by atoms with van der Waals surface area (Å²) in [6.45, 7) is 2.18. The van der Waals surface area contributed by atoms with Crippen molar-refractivity contribution in [3.63, 3.8) is 0 Å². The number of aryl methyl sites for hydroxylation is 3. The minimum absolute atomic E-state index is 1.08. The van der Waals surface area contributed by atoms with Crippen LogP contribution in [0.15, 0.2) is 24.4 Å². The largest absolute Gasteiger partial charge is 0.353 e. The quantitative estimate of drug-likeness (QED) is 0.604. The Morgan fingerprint density at radius 3 is 3.06 bits per heavy atom. The number of aromatic nitrogens is 3. The summed E-state index contributed by atoms with van der Waals surface area (Å²) >= 11 is 0. The van der Waals surface area contributed by atoms with Crippen LogP contribution in [0.1, 0.15) is 16.7 Å². The van der Waals surface area contributed by atoms with Crippen molar-refractivity contribution in [1.29, 1.82) is 0 Å². The molecule has 3 nitrogen and oxygen atoms in total. The zero-order valence-corrected chi connectivity index (χ0v) is 9.67. The summed E-state index contributed by atoms with van der Waals surface area (Å²) in [5, 5.41) is 8.65. The van der Waals surface area contributed by atoms with E-state index in [4.69, 9.17) is 0 Å². The highest BCUT2D eigenvalue weighted by Crippen LogP contribution is 2.37. The Kier molecular flexibility index (Phi) is 1.60. The summed E-state index contributed by atoms with van der Waals surface area (Å²) in [4.78, 5) is 3.53. The van der Waals surface area contributed by atoms with Crippen LogP contribution >= 0.6 is 0 Å². The van der Waals surface area contributed by atoms with Crippen LogP contribution in [0.4, 0.5) is 0 Å². The molecule has 2 aromatic heterocycles. The Morgan fingerprint density at radius 1 is 1.18 bits per heavy atom. The number of fused-ring (bicyclic) bond motifs is 5.